The third-order valence-corrected chi connectivity index (χ3v) is 6.36. The molecule has 0 atom stereocenters. The summed E-state index contributed by atoms with van der Waals surface area (Å²) in [5.41, 5.74) is 1.13. The van der Waals surface area contributed by atoms with Gasteiger partial charge in [-0.25, -0.2) is 4.79 Å². The van der Waals surface area contributed by atoms with Gasteiger partial charge in [0.2, 0.25) is 5.82 Å². The molecule has 0 saturated heterocycles. The van der Waals surface area contributed by atoms with Crippen molar-refractivity contribution >= 4 is 6.09 Å². The molecule has 6 nitrogen and oxygen atoms in total. The van der Waals surface area contributed by atoms with Gasteiger partial charge >= 0.3 is 6.09 Å². The molecule has 1 N–H and O–H groups in total. The zero-order valence-electron chi connectivity index (χ0n) is 21.6. The van der Waals surface area contributed by atoms with Gasteiger partial charge in [0.15, 0.2) is 0 Å². The molecule has 2 aromatic rings. The van der Waals surface area contributed by atoms with Gasteiger partial charge in [-0.15, -0.1) is 0 Å². The molecule has 0 aliphatic heterocycles. The van der Waals surface area contributed by atoms with E-state index in [1.165, 1.54) is 69.8 Å². The van der Waals surface area contributed by atoms with Crippen molar-refractivity contribution in [1.29, 1.82) is 0 Å². The number of aromatic nitrogens is 2. The number of nitrogens with one attached hydrogen (secondary N) is 1. The normalized spacial score (nSPS) is 14.7. The number of alkyl carbamates (subject to hydrolysis) is 1. The molecule has 0 spiro atoms. The van der Waals surface area contributed by atoms with Crippen LogP contribution in [0.2, 0.25) is 0 Å². The van der Waals surface area contributed by atoms with Gasteiger partial charge in [0.1, 0.15) is 11.1 Å². The first kappa shape index (κ1) is 26.2. The number of carbonyl (C=O) groups excluding carboxylic acids is 1. The first-order valence-corrected chi connectivity index (χ1v) is 13.3. The fourth-order valence-corrected chi connectivity index (χ4v) is 4.19. The van der Waals surface area contributed by atoms with Crippen LogP contribution >= 0.6 is 0 Å². The summed E-state index contributed by atoms with van der Waals surface area (Å²) in [7, 11) is 0. The van der Waals surface area contributed by atoms with Crippen molar-refractivity contribution in [2.75, 3.05) is 0 Å². The van der Waals surface area contributed by atoms with Gasteiger partial charge in [0.25, 0.3) is 5.89 Å². The second-order valence-corrected chi connectivity index (χ2v) is 10.8. The standard InChI is InChI=1S/C28H43N3O3/c1-5-6-7-8-9-10-11-12-13-14-15-22-16-18-23(19-17-22)24-29-25(34-31-24)28(20-21-28)30-26(32)33-27(2,3)4/h16-19H,5-15,20-21H2,1-4H3,(H,30,32). The molecule has 34 heavy (non-hydrogen) atoms. The number of ether oxygens (including phenoxy) is 1. The van der Waals surface area contributed by atoms with E-state index < -0.39 is 17.2 Å². The Hall–Kier alpha value is -2.37. The van der Waals surface area contributed by atoms with E-state index in [0.717, 1.165) is 24.8 Å². The maximum Gasteiger partial charge on any atom is 0.408 e. The van der Waals surface area contributed by atoms with Crippen LogP contribution in [0.4, 0.5) is 4.79 Å². The van der Waals surface area contributed by atoms with Crippen LogP contribution in [-0.4, -0.2) is 21.8 Å². The van der Waals surface area contributed by atoms with Gasteiger partial charge < -0.3 is 14.6 Å². The van der Waals surface area contributed by atoms with Gasteiger partial charge in [-0.2, -0.15) is 4.98 Å². The molecule has 3 rings (SSSR count). The Balaban J connectivity index is 1.40. The molecule has 1 aliphatic carbocycles. The Kier molecular flexibility index (Phi) is 9.54. The minimum atomic E-state index is -0.594. The second-order valence-electron chi connectivity index (χ2n) is 10.8. The third-order valence-electron chi connectivity index (χ3n) is 6.36. The quantitative estimate of drug-likeness (QED) is 0.287. The number of amides is 1. The summed E-state index contributed by atoms with van der Waals surface area (Å²) < 4.78 is 10.9. The third kappa shape index (κ3) is 8.44. The predicted molar refractivity (Wildman–Crippen MR) is 136 cm³/mol. The van der Waals surface area contributed by atoms with Crippen molar-refractivity contribution in [3.63, 3.8) is 0 Å². The van der Waals surface area contributed by atoms with E-state index in [0.29, 0.717) is 11.7 Å². The van der Waals surface area contributed by atoms with Gasteiger partial charge in [-0.3, -0.25) is 0 Å². The van der Waals surface area contributed by atoms with Crippen LogP contribution in [0.5, 0.6) is 0 Å². The van der Waals surface area contributed by atoms with Crippen LogP contribution in [0.25, 0.3) is 11.4 Å². The fourth-order valence-electron chi connectivity index (χ4n) is 4.19. The number of benzene rings is 1. The number of nitrogens with zero attached hydrogens (tertiary/aromatic N) is 2. The van der Waals surface area contributed by atoms with Crippen LogP contribution in [0.15, 0.2) is 28.8 Å². The smallest absolute Gasteiger partial charge is 0.408 e. The lowest BCUT2D eigenvalue weighted by molar-refractivity contribution is 0.0483. The number of rotatable bonds is 14. The van der Waals surface area contributed by atoms with Crippen LogP contribution < -0.4 is 5.32 Å². The first-order valence-electron chi connectivity index (χ1n) is 13.3. The molecular formula is C28H43N3O3. The first-order chi connectivity index (χ1) is 16.3. The van der Waals surface area contributed by atoms with Crippen molar-refractivity contribution in [1.82, 2.24) is 15.5 Å². The maximum absolute atomic E-state index is 12.2. The van der Waals surface area contributed by atoms with E-state index in [4.69, 9.17) is 9.26 Å². The molecule has 0 unspecified atom stereocenters. The highest BCUT2D eigenvalue weighted by molar-refractivity contribution is 5.69. The largest absolute Gasteiger partial charge is 0.444 e. The predicted octanol–water partition coefficient (Wildman–Crippen LogP) is 7.71. The summed E-state index contributed by atoms with van der Waals surface area (Å²) in [6.07, 6.45) is 15.8. The minimum Gasteiger partial charge on any atom is -0.444 e. The molecule has 1 amide bonds. The van der Waals surface area contributed by atoms with E-state index in [2.05, 4.69) is 46.6 Å². The average molecular weight is 470 g/mol. The monoisotopic (exact) mass is 469 g/mol. The lowest BCUT2D eigenvalue weighted by Gasteiger charge is -2.21. The van der Waals surface area contributed by atoms with E-state index in [1.54, 1.807) is 0 Å². The topological polar surface area (TPSA) is 77.2 Å². The molecule has 0 bridgehead atoms. The van der Waals surface area contributed by atoms with Crippen molar-refractivity contribution in [2.24, 2.45) is 0 Å². The summed E-state index contributed by atoms with van der Waals surface area (Å²) in [5, 5.41) is 7.06. The molecular weight excluding hydrogens is 426 g/mol. The maximum atomic E-state index is 12.2. The van der Waals surface area contributed by atoms with E-state index in [1.807, 2.05) is 20.8 Å². The van der Waals surface area contributed by atoms with E-state index >= 15 is 0 Å². The summed E-state index contributed by atoms with van der Waals surface area (Å²) in [5.74, 6) is 1.00. The molecule has 0 radical (unpaired) electrons. The second kappa shape index (κ2) is 12.4. The SMILES string of the molecule is CCCCCCCCCCCCc1ccc(-c2noc(C3(NC(=O)OC(C)(C)C)CC3)n2)cc1. The van der Waals surface area contributed by atoms with Gasteiger partial charge in [-0.1, -0.05) is 94.1 Å². The number of carbonyl (C=O) groups is 1. The van der Waals surface area contributed by atoms with Crippen LogP contribution in [0.1, 0.15) is 116 Å². The molecule has 1 aromatic heterocycles. The van der Waals surface area contributed by atoms with Crippen molar-refractivity contribution < 1.29 is 14.1 Å². The molecule has 1 aliphatic rings. The molecule has 1 fully saturated rings. The highest BCUT2D eigenvalue weighted by atomic mass is 16.6. The van der Waals surface area contributed by atoms with E-state index in [9.17, 15) is 4.79 Å². The fraction of sp³-hybridized carbons (Fsp3) is 0.679. The molecule has 188 valence electrons. The van der Waals surface area contributed by atoms with Crippen LogP contribution in [-0.2, 0) is 16.7 Å². The summed E-state index contributed by atoms with van der Waals surface area (Å²) in [6, 6.07) is 8.43. The number of hydrogen-bond acceptors (Lipinski definition) is 5. The van der Waals surface area contributed by atoms with Crippen LogP contribution in [0, 0.1) is 0 Å². The number of unbranched alkanes of at least 4 members (excludes halogenated alkanes) is 9. The van der Waals surface area contributed by atoms with Crippen LogP contribution in [0.3, 0.4) is 0 Å². The average Bonchev–Trinajstić information content (AvgIpc) is 3.37. The zero-order valence-corrected chi connectivity index (χ0v) is 21.6. The Morgan fingerprint density at radius 1 is 0.971 bits per heavy atom. The zero-order chi connectivity index (χ0) is 24.4. The number of hydrogen-bond donors (Lipinski definition) is 1. The molecule has 1 saturated carbocycles. The summed E-state index contributed by atoms with van der Waals surface area (Å²) in [4.78, 5) is 16.8. The molecule has 1 heterocycles. The Morgan fingerprint density at radius 3 is 2.12 bits per heavy atom. The highest BCUT2D eigenvalue weighted by Crippen LogP contribution is 2.45. The highest BCUT2D eigenvalue weighted by Gasteiger charge is 2.51. The minimum absolute atomic E-state index is 0.447. The number of aryl methyl sites for hydroxylation is 1. The molecule has 1 aromatic carbocycles. The lowest BCUT2D eigenvalue weighted by Crippen LogP contribution is -2.39. The lowest BCUT2D eigenvalue weighted by atomic mass is 10.0. The van der Waals surface area contributed by atoms with Crippen molar-refractivity contribution in [3.05, 3.63) is 35.7 Å². The van der Waals surface area contributed by atoms with Crippen molar-refractivity contribution in [3.8, 4) is 11.4 Å². The van der Waals surface area contributed by atoms with E-state index in [-0.39, 0.29) is 0 Å². The van der Waals surface area contributed by atoms with Gasteiger partial charge in [0.05, 0.1) is 0 Å². The summed E-state index contributed by atoms with van der Waals surface area (Å²) in [6.45, 7) is 7.80. The van der Waals surface area contributed by atoms with Gasteiger partial charge in [-0.05, 0) is 52.0 Å². The Labute approximate surface area is 205 Å². The summed E-state index contributed by atoms with van der Waals surface area (Å²) >= 11 is 0. The van der Waals surface area contributed by atoms with Gasteiger partial charge in [0, 0.05) is 5.56 Å². The Bertz CT molecular complexity index is 879. The Morgan fingerprint density at radius 2 is 1.56 bits per heavy atom. The molecule has 6 heteroatoms. The van der Waals surface area contributed by atoms with Crippen molar-refractivity contribution in [2.45, 2.75) is 122 Å².